The van der Waals surface area contributed by atoms with Crippen molar-refractivity contribution >= 4 is 12.4 Å². The van der Waals surface area contributed by atoms with Crippen molar-refractivity contribution in [1.29, 1.82) is 0 Å². The number of aromatic hydroxyl groups is 1. The van der Waals surface area contributed by atoms with Crippen molar-refractivity contribution in [3.8, 4) is 5.75 Å². The summed E-state index contributed by atoms with van der Waals surface area (Å²) in [7, 11) is 0. The molecule has 6 heteroatoms. The zero-order valence-corrected chi connectivity index (χ0v) is 10.7. The Hall–Kier alpha value is -0.880. The second kappa shape index (κ2) is 7.45. The fraction of sp³-hybridized carbons (Fsp3) is 0.545. The fourth-order valence-corrected chi connectivity index (χ4v) is 1.67. The summed E-state index contributed by atoms with van der Waals surface area (Å²) in [5.74, 6) is 0.0797. The minimum atomic E-state index is -0.313. The molecule has 0 spiro atoms. The van der Waals surface area contributed by atoms with Gasteiger partial charge in [0.15, 0.2) is 0 Å². The highest BCUT2D eigenvalue weighted by atomic mass is 35.5. The number of aliphatic hydroxyl groups excluding tert-OH is 1. The average Bonchev–Trinajstić information content (AvgIpc) is 2.29. The lowest BCUT2D eigenvalue weighted by Gasteiger charge is -2.17. The van der Waals surface area contributed by atoms with E-state index in [1.54, 1.807) is 13.1 Å². The van der Waals surface area contributed by atoms with Gasteiger partial charge in [-0.25, -0.2) is 0 Å². The molecule has 1 atom stereocenters. The summed E-state index contributed by atoms with van der Waals surface area (Å²) in [4.78, 5) is 3.98. The number of aromatic nitrogens is 1. The van der Waals surface area contributed by atoms with Gasteiger partial charge in [-0.05, 0) is 26.3 Å². The van der Waals surface area contributed by atoms with Crippen LogP contribution in [-0.4, -0.2) is 21.7 Å². The van der Waals surface area contributed by atoms with Crippen LogP contribution in [0.2, 0.25) is 0 Å². The number of halogens is 1. The van der Waals surface area contributed by atoms with E-state index in [4.69, 9.17) is 11.5 Å². The molecule has 1 aromatic heterocycles. The van der Waals surface area contributed by atoms with E-state index in [9.17, 15) is 10.2 Å². The first-order valence-corrected chi connectivity index (χ1v) is 5.35. The summed E-state index contributed by atoms with van der Waals surface area (Å²) in [5, 5.41) is 19.1. The van der Waals surface area contributed by atoms with E-state index < -0.39 is 0 Å². The second-order valence-corrected chi connectivity index (χ2v) is 3.83. The van der Waals surface area contributed by atoms with Gasteiger partial charge in [0.25, 0.3) is 0 Å². The number of pyridine rings is 1. The van der Waals surface area contributed by atoms with Crippen LogP contribution in [0, 0.1) is 6.92 Å². The molecular formula is C11H20ClN3O2. The predicted molar refractivity (Wildman–Crippen MR) is 69.0 cm³/mol. The van der Waals surface area contributed by atoms with Crippen molar-refractivity contribution < 1.29 is 10.2 Å². The molecule has 6 N–H and O–H groups in total. The lowest BCUT2D eigenvalue weighted by Crippen LogP contribution is -2.15. The topological polar surface area (TPSA) is 105 Å². The molecule has 17 heavy (non-hydrogen) atoms. The van der Waals surface area contributed by atoms with E-state index in [0.717, 1.165) is 6.42 Å². The van der Waals surface area contributed by atoms with Crippen molar-refractivity contribution in [3.05, 3.63) is 23.0 Å². The van der Waals surface area contributed by atoms with Gasteiger partial charge in [0.2, 0.25) is 0 Å². The van der Waals surface area contributed by atoms with Crippen molar-refractivity contribution in [2.75, 3.05) is 6.54 Å². The number of hydrogen-bond acceptors (Lipinski definition) is 5. The van der Waals surface area contributed by atoms with E-state index in [1.807, 2.05) is 0 Å². The summed E-state index contributed by atoms with van der Waals surface area (Å²) in [6.45, 7) is 2.09. The Kier molecular flexibility index (Phi) is 7.06. The molecule has 0 radical (unpaired) electrons. The van der Waals surface area contributed by atoms with Gasteiger partial charge in [-0.3, -0.25) is 4.98 Å². The maximum absolute atomic E-state index is 9.89. The smallest absolute Gasteiger partial charge is 0.141 e. The van der Waals surface area contributed by atoms with Gasteiger partial charge in [0.1, 0.15) is 5.75 Å². The third-order valence-corrected chi connectivity index (χ3v) is 2.62. The molecular weight excluding hydrogens is 242 g/mol. The van der Waals surface area contributed by atoms with Crippen molar-refractivity contribution in [3.63, 3.8) is 0 Å². The van der Waals surface area contributed by atoms with Gasteiger partial charge >= 0.3 is 0 Å². The van der Waals surface area contributed by atoms with Crippen molar-refractivity contribution in [2.45, 2.75) is 32.4 Å². The van der Waals surface area contributed by atoms with Gasteiger partial charge in [-0.1, -0.05) is 0 Å². The Labute approximate surface area is 107 Å². The molecule has 0 saturated carbocycles. The number of aryl methyl sites for hydroxylation is 1. The lowest BCUT2D eigenvalue weighted by molar-refractivity contribution is 0.277. The molecule has 0 aromatic carbocycles. The average molecular weight is 262 g/mol. The summed E-state index contributed by atoms with van der Waals surface area (Å²) >= 11 is 0. The first-order chi connectivity index (χ1) is 7.61. The molecule has 1 heterocycles. The Balaban J connectivity index is 0.00000256. The van der Waals surface area contributed by atoms with Crippen molar-refractivity contribution in [1.82, 2.24) is 4.98 Å². The highest BCUT2D eigenvalue weighted by Gasteiger charge is 2.17. The first-order valence-electron chi connectivity index (χ1n) is 5.35. The Morgan fingerprint density at radius 2 is 2.12 bits per heavy atom. The third-order valence-electron chi connectivity index (χ3n) is 2.62. The number of rotatable bonds is 5. The quantitative estimate of drug-likeness (QED) is 0.626. The molecule has 98 valence electrons. The molecule has 0 aliphatic rings. The molecule has 0 aliphatic heterocycles. The number of hydrogen-bond donors (Lipinski definition) is 4. The fourth-order valence-electron chi connectivity index (χ4n) is 1.67. The number of nitrogens with two attached hydrogens (primary N) is 2. The molecule has 0 aliphatic carbocycles. The summed E-state index contributed by atoms with van der Waals surface area (Å²) in [6.07, 6.45) is 3.01. The van der Waals surface area contributed by atoms with E-state index >= 15 is 0 Å². The monoisotopic (exact) mass is 261 g/mol. The summed E-state index contributed by atoms with van der Waals surface area (Å²) in [6, 6.07) is -0.313. The van der Waals surface area contributed by atoms with Gasteiger partial charge in [-0.15, -0.1) is 12.4 Å². The van der Waals surface area contributed by atoms with Crippen LogP contribution < -0.4 is 11.5 Å². The normalized spacial score (nSPS) is 12.0. The van der Waals surface area contributed by atoms with Gasteiger partial charge in [0.05, 0.1) is 12.3 Å². The molecule has 0 amide bonds. The molecule has 0 unspecified atom stereocenters. The first kappa shape index (κ1) is 16.1. The lowest BCUT2D eigenvalue weighted by atomic mass is 9.97. The van der Waals surface area contributed by atoms with Crippen LogP contribution in [0.4, 0.5) is 0 Å². The largest absolute Gasteiger partial charge is 0.506 e. The van der Waals surface area contributed by atoms with E-state index in [2.05, 4.69) is 4.98 Å². The standard InChI is InChI=1S/C11H19N3O2.ClH/c1-7-11(16)10(8(6-15)5-14-7)9(13)3-2-4-12;/h5,9,15-16H,2-4,6,12-13H2,1H3;1H/t9-;/m1./s1. The zero-order chi connectivity index (χ0) is 12.1. The van der Waals surface area contributed by atoms with Crippen LogP contribution in [0.1, 0.15) is 35.7 Å². The Morgan fingerprint density at radius 1 is 1.47 bits per heavy atom. The van der Waals surface area contributed by atoms with Crippen LogP contribution in [0.25, 0.3) is 0 Å². The highest BCUT2D eigenvalue weighted by Crippen LogP contribution is 2.30. The van der Waals surface area contributed by atoms with Gasteiger partial charge in [-0.2, -0.15) is 0 Å². The maximum atomic E-state index is 9.89. The van der Waals surface area contributed by atoms with Gasteiger partial charge in [0, 0.05) is 23.4 Å². The molecule has 5 nitrogen and oxygen atoms in total. The molecule has 0 bridgehead atoms. The molecule has 0 saturated heterocycles. The van der Waals surface area contributed by atoms with Crippen LogP contribution in [0.15, 0.2) is 6.20 Å². The zero-order valence-electron chi connectivity index (χ0n) is 9.89. The van der Waals surface area contributed by atoms with E-state index in [0.29, 0.717) is 29.8 Å². The van der Waals surface area contributed by atoms with Crippen LogP contribution in [0.3, 0.4) is 0 Å². The van der Waals surface area contributed by atoms with E-state index in [-0.39, 0.29) is 30.8 Å². The Bertz CT molecular complexity index is 361. The van der Waals surface area contributed by atoms with Crippen LogP contribution in [-0.2, 0) is 6.61 Å². The number of nitrogens with zero attached hydrogens (tertiary/aromatic N) is 1. The predicted octanol–water partition coefficient (Wildman–Crippen LogP) is 0.748. The van der Waals surface area contributed by atoms with Gasteiger partial charge < -0.3 is 21.7 Å². The maximum Gasteiger partial charge on any atom is 0.141 e. The number of aliphatic hydroxyl groups is 1. The summed E-state index contributed by atoms with van der Waals surface area (Å²) < 4.78 is 0. The van der Waals surface area contributed by atoms with Crippen LogP contribution in [0.5, 0.6) is 5.75 Å². The summed E-state index contributed by atoms with van der Waals surface area (Å²) in [5.41, 5.74) is 13.1. The molecule has 1 aromatic rings. The molecule has 1 rings (SSSR count). The minimum absolute atomic E-state index is 0. The third kappa shape index (κ3) is 3.81. The minimum Gasteiger partial charge on any atom is -0.506 e. The Morgan fingerprint density at radius 3 is 2.65 bits per heavy atom. The van der Waals surface area contributed by atoms with Crippen molar-refractivity contribution in [2.24, 2.45) is 11.5 Å². The highest BCUT2D eigenvalue weighted by molar-refractivity contribution is 5.85. The van der Waals surface area contributed by atoms with Crippen LogP contribution >= 0.6 is 12.4 Å². The van der Waals surface area contributed by atoms with E-state index in [1.165, 1.54) is 0 Å². The SMILES string of the molecule is Cc1ncc(CO)c([C@H](N)CCCN)c1O.Cl. The second-order valence-electron chi connectivity index (χ2n) is 3.83. The molecule has 0 fully saturated rings.